The Morgan fingerprint density at radius 3 is 1.61 bits per heavy atom. The van der Waals surface area contributed by atoms with Gasteiger partial charge in [0.25, 0.3) is 5.97 Å². The minimum Gasteiger partial charge on any atom is -0.508 e. The molecule has 162 valence electrons. The van der Waals surface area contributed by atoms with E-state index in [-0.39, 0.29) is 10.8 Å². The Morgan fingerprint density at radius 1 is 0.893 bits per heavy atom. The lowest BCUT2D eigenvalue weighted by atomic mass is 9.78. The quantitative estimate of drug-likeness (QED) is 0.492. The summed E-state index contributed by atoms with van der Waals surface area (Å²) in [5, 5.41) is 18.0. The second-order valence-electron chi connectivity index (χ2n) is 10.1. The number of benzene rings is 1. The van der Waals surface area contributed by atoms with Gasteiger partial charge in [0.05, 0.1) is 8.07 Å². The summed E-state index contributed by atoms with van der Waals surface area (Å²) in [6.45, 7) is 21.6. The van der Waals surface area contributed by atoms with Gasteiger partial charge >= 0.3 is 0 Å². The number of hydrogen-bond donors (Lipinski definition) is 2. The first-order valence-corrected chi connectivity index (χ1v) is 13.5. The summed E-state index contributed by atoms with van der Waals surface area (Å²) in [6, 6.07) is 9.87. The van der Waals surface area contributed by atoms with Gasteiger partial charge in [-0.25, -0.2) is 0 Å². The van der Waals surface area contributed by atoms with E-state index in [0.717, 1.165) is 18.9 Å². The molecule has 1 aromatic rings. The van der Waals surface area contributed by atoms with Gasteiger partial charge < -0.3 is 10.2 Å². The SMILES string of the molecule is CC(=O)O.CC[Si](CC)(CC)CCc1cc(C(C)(C)C)c(O)cc1C(C)(C)C. The minimum atomic E-state index is -1.12. The fourth-order valence-corrected chi connectivity index (χ4v) is 7.18. The number of carboxylic acids is 1. The van der Waals surface area contributed by atoms with Crippen LogP contribution in [0.1, 0.15) is 85.9 Å². The van der Waals surface area contributed by atoms with Gasteiger partial charge in [-0.05, 0) is 40.0 Å². The molecule has 0 radical (unpaired) electrons. The van der Waals surface area contributed by atoms with Crippen LogP contribution in [0, 0.1) is 0 Å². The molecule has 0 saturated heterocycles. The summed E-state index contributed by atoms with van der Waals surface area (Å²) in [6.07, 6.45) is 1.16. The Balaban J connectivity index is 0.00000165. The largest absolute Gasteiger partial charge is 0.508 e. The molecule has 1 aromatic carbocycles. The van der Waals surface area contributed by atoms with E-state index in [9.17, 15) is 5.11 Å². The van der Waals surface area contributed by atoms with Gasteiger partial charge in [-0.3, -0.25) is 4.79 Å². The molecule has 0 aliphatic rings. The Labute approximate surface area is 174 Å². The molecule has 0 amide bonds. The van der Waals surface area contributed by atoms with Crippen molar-refractivity contribution in [3.63, 3.8) is 0 Å². The summed E-state index contributed by atoms with van der Waals surface area (Å²) in [5.74, 6) is -0.374. The molecule has 3 nitrogen and oxygen atoms in total. The normalized spacial score (nSPS) is 12.4. The standard InChI is InChI=1S/C22H40OSi.C2H4O2/c1-10-24(11-2,12-3)14-13-17-15-19(22(7,8)9)20(23)16-18(17)21(4,5)6;1-2(3)4/h15-16,23H,10-14H2,1-9H3;1H3,(H,3,4). The number of carbonyl (C=O) groups is 1. The second kappa shape index (κ2) is 10.5. The van der Waals surface area contributed by atoms with Crippen molar-refractivity contribution in [1.29, 1.82) is 0 Å². The molecule has 0 aromatic heterocycles. The lowest BCUT2D eigenvalue weighted by Gasteiger charge is -2.31. The third-order valence-electron chi connectivity index (χ3n) is 6.01. The summed E-state index contributed by atoms with van der Waals surface area (Å²) < 4.78 is 0. The van der Waals surface area contributed by atoms with Crippen molar-refractivity contribution < 1.29 is 15.0 Å². The highest BCUT2D eigenvalue weighted by Gasteiger charge is 2.29. The second-order valence-corrected chi connectivity index (χ2v) is 15.7. The van der Waals surface area contributed by atoms with Crippen LogP contribution in [-0.2, 0) is 22.0 Å². The molecule has 0 unspecified atom stereocenters. The molecule has 0 aliphatic heterocycles. The Bertz CT molecular complexity index is 620. The zero-order chi connectivity index (χ0) is 22.3. The van der Waals surface area contributed by atoms with Crippen LogP contribution < -0.4 is 0 Å². The van der Waals surface area contributed by atoms with E-state index >= 15 is 0 Å². The lowest BCUT2D eigenvalue weighted by molar-refractivity contribution is -0.134. The maximum absolute atomic E-state index is 10.6. The van der Waals surface area contributed by atoms with E-state index in [1.165, 1.54) is 35.3 Å². The monoisotopic (exact) mass is 408 g/mol. The Kier molecular flexibility index (Phi) is 9.99. The predicted octanol–water partition coefficient (Wildman–Crippen LogP) is 7.13. The highest BCUT2D eigenvalue weighted by molar-refractivity contribution is 6.79. The van der Waals surface area contributed by atoms with Crippen LogP contribution in [0.4, 0.5) is 0 Å². The van der Waals surface area contributed by atoms with Crippen LogP contribution >= 0.6 is 0 Å². The van der Waals surface area contributed by atoms with Gasteiger partial charge in [0.1, 0.15) is 5.75 Å². The first kappa shape index (κ1) is 26.7. The van der Waals surface area contributed by atoms with Crippen molar-refractivity contribution >= 4 is 14.0 Å². The van der Waals surface area contributed by atoms with Crippen LogP contribution in [0.25, 0.3) is 0 Å². The van der Waals surface area contributed by atoms with Gasteiger partial charge in [0, 0.05) is 6.92 Å². The highest BCUT2D eigenvalue weighted by atomic mass is 28.3. The van der Waals surface area contributed by atoms with Crippen LogP contribution in [0.5, 0.6) is 5.75 Å². The maximum Gasteiger partial charge on any atom is 0.300 e. The van der Waals surface area contributed by atoms with E-state index in [0.29, 0.717) is 5.75 Å². The predicted molar refractivity (Wildman–Crippen MR) is 125 cm³/mol. The summed E-state index contributed by atoms with van der Waals surface area (Å²) in [5.41, 5.74) is 3.90. The first-order chi connectivity index (χ1) is 12.6. The van der Waals surface area contributed by atoms with Crippen LogP contribution in [0.15, 0.2) is 12.1 Å². The van der Waals surface area contributed by atoms with E-state index in [1.807, 2.05) is 6.07 Å². The Hall–Kier alpha value is -1.29. The zero-order valence-corrected chi connectivity index (χ0v) is 21.0. The molecule has 1 rings (SSSR count). The molecular formula is C24H44O3Si. The molecule has 0 saturated carbocycles. The number of phenols is 1. The molecule has 0 aliphatic carbocycles. The lowest BCUT2D eigenvalue weighted by Crippen LogP contribution is -2.32. The molecule has 28 heavy (non-hydrogen) atoms. The van der Waals surface area contributed by atoms with E-state index in [1.54, 1.807) is 0 Å². The summed E-state index contributed by atoms with van der Waals surface area (Å²) in [4.78, 5) is 9.00. The van der Waals surface area contributed by atoms with Crippen molar-refractivity contribution in [3.8, 4) is 5.75 Å². The molecular weight excluding hydrogens is 364 g/mol. The molecule has 0 heterocycles. The van der Waals surface area contributed by atoms with Gasteiger partial charge in [-0.1, -0.05) is 92.6 Å². The van der Waals surface area contributed by atoms with Crippen LogP contribution in [0.3, 0.4) is 0 Å². The van der Waals surface area contributed by atoms with E-state index in [4.69, 9.17) is 9.90 Å². The van der Waals surface area contributed by atoms with Crippen LogP contribution in [-0.4, -0.2) is 24.3 Å². The van der Waals surface area contributed by atoms with Crippen LogP contribution in [0.2, 0.25) is 24.2 Å². The average Bonchev–Trinajstić information content (AvgIpc) is 2.55. The molecule has 4 heteroatoms. The molecule has 0 spiro atoms. The topological polar surface area (TPSA) is 57.5 Å². The van der Waals surface area contributed by atoms with Gasteiger partial charge in [0.15, 0.2) is 0 Å². The fourth-order valence-electron chi connectivity index (χ4n) is 3.82. The van der Waals surface area contributed by atoms with Crippen molar-refractivity contribution in [2.24, 2.45) is 0 Å². The maximum atomic E-state index is 10.6. The number of carboxylic acid groups (broad SMARTS) is 1. The molecule has 0 atom stereocenters. The Morgan fingerprint density at radius 2 is 1.29 bits per heavy atom. The smallest absolute Gasteiger partial charge is 0.300 e. The molecule has 2 N–H and O–H groups in total. The number of aromatic hydroxyl groups is 1. The first-order valence-electron chi connectivity index (χ1n) is 10.7. The zero-order valence-electron chi connectivity index (χ0n) is 20.0. The molecule has 0 bridgehead atoms. The number of rotatable bonds is 6. The highest BCUT2D eigenvalue weighted by Crippen LogP contribution is 2.38. The van der Waals surface area contributed by atoms with Gasteiger partial charge in [0.2, 0.25) is 0 Å². The molecule has 0 fully saturated rings. The number of phenolic OH excluding ortho intramolecular Hbond substituents is 1. The number of aryl methyl sites for hydroxylation is 1. The van der Waals surface area contributed by atoms with E-state index in [2.05, 4.69) is 68.4 Å². The van der Waals surface area contributed by atoms with E-state index < -0.39 is 14.0 Å². The van der Waals surface area contributed by atoms with Gasteiger partial charge in [-0.15, -0.1) is 0 Å². The summed E-state index contributed by atoms with van der Waals surface area (Å²) in [7, 11) is -1.12. The number of aliphatic carboxylic acids is 1. The third-order valence-corrected chi connectivity index (χ3v) is 11.8. The van der Waals surface area contributed by atoms with Gasteiger partial charge in [-0.2, -0.15) is 0 Å². The van der Waals surface area contributed by atoms with Crippen molar-refractivity contribution in [2.75, 3.05) is 0 Å². The third kappa shape index (κ3) is 7.98. The average molecular weight is 409 g/mol. The van der Waals surface area contributed by atoms with Crippen molar-refractivity contribution in [1.82, 2.24) is 0 Å². The minimum absolute atomic E-state index is 0.0238. The summed E-state index contributed by atoms with van der Waals surface area (Å²) >= 11 is 0. The van der Waals surface area contributed by atoms with Crippen molar-refractivity contribution in [2.45, 2.75) is 111 Å². The van der Waals surface area contributed by atoms with Crippen molar-refractivity contribution in [3.05, 3.63) is 28.8 Å². The fraction of sp³-hybridized carbons (Fsp3) is 0.708. The number of hydrogen-bond acceptors (Lipinski definition) is 2.